The summed E-state index contributed by atoms with van der Waals surface area (Å²) < 4.78 is 10.8. The zero-order chi connectivity index (χ0) is 21.2. The predicted octanol–water partition coefficient (Wildman–Crippen LogP) is -2.61. The molecule has 33 heavy (non-hydrogen) atoms. The van der Waals surface area contributed by atoms with Gasteiger partial charge in [0, 0.05) is 24.0 Å². The van der Waals surface area contributed by atoms with Gasteiger partial charge in [-0.3, -0.25) is 19.8 Å². The molecule has 2 aromatic carbocycles. The summed E-state index contributed by atoms with van der Waals surface area (Å²) in [4.78, 5) is 0. The van der Waals surface area contributed by atoms with Crippen LogP contribution in [-0.2, 0) is 0 Å². The van der Waals surface area contributed by atoms with Crippen LogP contribution in [0.15, 0.2) is 65.1 Å². The molecule has 0 saturated carbocycles. The molecule has 2 aliphatic rings. The predicted molar refractivity (Wildman–Crippen MR) is 125 cm³/mol. The van der Waals surface area contributed by atoms with Crippen molar-refractivity contribution in [1.29, 1.82) is 0 Å². The maximum Gasteiger partial charge on any atom is 0.276 e. The average Bonchev–Trinajstić information content (AvgIpc) is 3.30. The zero-order valence-electron chi connectivity index (χ0n) is 19.1. The van der Waals surface area contributed by atoms with E-state index in [0.29, 0.717) is 0 Å². The van der Waals surface area contributed by atoms with Crippen molar-refractivity contribution in [2.75, 3.05) is 40.3 Å². The van der Waals surface area contributed by atoms with Gasteiger partial charge >= 0.3 is 0 Å². The van der Waals surface area contributed by atoms with E-state index in [4.69, 9.17) is 4.42 Å². The third-order valence-electron chi connectivity index (χ3n) is 6.18. The van der Waals surface area contributed by atoms with Gasteiger partial charge in [0.25, 0.3) is 11.7 Å². The summed E-state index contributed by atoms with van der Waals surface area (Å²) >= 11 is 0. The summed E-state index contributed by atoms with van der Waals surface area (Å²) in [5, 5.41) is 7.02. The molecule has 0 fully saturated rings. The molecular weight excluding hydrogens is 455 g/mol. The van der Waals surface area contributed by atoms with E-state index in [9.17, 15) is 0 Å². The molecule has 0 unspecified atom stereocenters. The van der Waals surface area contributed by atoms with E-state index >= 15 is 0 Å². The van der Waals surface area contributed by atoms with Crippen LogP contribution in [0.2, 0.25) is 0 Å². The van der Waals surface area contributed by atoms with Gasteiger partial charge in [-0.1, -0.05) is 24.3 Å². The van der Waals surface area contributed by atoms with Crippen molar-refractivity contribution in [3.8, 4) is 22.6 Å². The topological polar surface area (TPSA) is 43.2 Å². The van der Waals surface area contributed by atoms with Crippen LogP contribution in [0.4, 0.5) is 0 Å². The lowest BCUT2D eigenvalue weighted by molar-refractivity contribution is -0.503. The van der Waals surface area contributed by atoms with Gasteiger partial charge in [0.1, 0.15) is 11.5 Å². The van der Waals surface area contributed by atoms with Crippen LogP contribution in [0.3, 0.4) is 0 Å². The van der Waals surface area contributed by atoms with Crippen LogP contribution >= 0.6 is 0 Å². The largest absolute Gasteiger partial charge is 1.00 e. The van der Waals surface area contributed by atoms with Crippen molar-refractivity contribution < 1.29 is 38.4 Å². The van der Waals surface area contributed by atoms with Crippen LogP contribution in [0.1, 0.15) is 24.0 Å². The fraction of sp³-hybridized carbons (Fsp3) is 0.308. The number of nitrogens with one attached hydrogen (secondary N) is 2. The third kappa shape index (κ3) is 5.26. The molecule has 5 nitrogen and oxygen atoms in total. The first-order valence-electron chi connectivity index (χ1n) is 11.1. The molecule has 0 amide bonds. The first-order chi connectivity index (χ1) is 15.2. The van der Waals surface area contributed by atoms with E-state index in [0.717, 1.165) is 48.8 Å². The molecule has 5 rings (SSSR count). The minimum Gasteiger partial charge on any atom is -1.00 e. The van der Waals surface area contributed by atoms with Gasteiger partial charge in [0.15, 0.2) is 0 Å². The average molecular weight is 485 g/mol. The number of hydrogen-bond acceptors (Lipinski definition) is 3. The van der Waals surface area contributed by atoms with Crippen molar-refractivity contribution in [2.24, 2.45) is 0 Å². The number of hydrogen-bond donors (Lipinski definition) is 2. The Bertz CT molecular complexity index is 1060. The molecule has 0 aliphatic carbocycles. The van der Waals surface area contributed by atoms with Crippen LogP contribution in [0.5, 0.6) is 0 Å². The Morgan fingerprint density at radius 1 is 0.576 bits per heavy atom. The summed E-state index contributed by atoms with van der Waals surface area (Å²) in [6.45, 7) is 4.26. The third-order valence-corrected chi connectivity index (χ3v) is 6.18. The van der Waals surface area contributed by atoms with E-state index in [-0.39, 0.29) is 24.8 Å². The second-order valence-electron chi connectivity index (χ2n) is 8.42. The number of nitrogens with zero attached hydrogens (tertiary/aromatic N) is 2. The van der Waals surface area contributed by atoms with Crippen LogP contribution in [0, 0.1) is 0 Å². The van der Waals surface area contributed by atoms with Gasteiger partial charge < -0.3 is 29.2 Å². The van der Waals surface area contributed by atoms with Crippen molar-refractivity contribution in [2.45, 2.75) is 12.8 Å². The van der Waals surface area contributed by atoms with Crippen molar-refractivity contribution in [3.63, 3.8) is 0 Å². The summed E-state index contributed by atoms with van der Waals surface area (Å²) in [5.41, 5.74) is 4.61. The Morgan fingerprint density at radius 2 is 0.939 bits per heavy atom. The SMILES string of the molecule is C[N+]1=C(c2ccc(-c3ccc(-c4ccc(C5=[N+](C)CCCN5)cc4)o3)cc2)NCCC1.[Cl-].[Cl-]. The molecule has 2 N–H and O–H groups in total. The molecule has 1 aromatic heterocycles. The molecule has 3 heterocycles. The van der Waals surface area contributed by atoms with E-state index < -0.39 is 0 Å². The molecule has 0 saturated heterocycles. The van der Waals surface area contributed by atoms with E-state index in [1.165, 1.54) is 35.6 Å². The highest BCUT2D eigenvalue weighted by Gasteiger charge is 2.19. The highest BCUT2D eigenvalue weighted by molar-refractivity contribution is 5.96. The summed E-state index contributed by atoms with van der Waals surface area (Å²) in [6, 6.07) is 21.3. The van der Waals surface area contributed by atoms with Crippen LogP contribution in [0.25, 0.3) is 22.6 Å². The second-order valence-corrected chi connectivity index (χ2v) is 8.42. The van der Waals surface area contributed by atoms with Gasteiger partial charge in [-0.2, -0.15) is 0 Å². The van der Waals surface area contributed by atoms with Crippen molar-refractivity contribution in [3.05, 3.63) is 71.8 Å². The molecule has 174 valence electrons. The molecular formula is C26H30Cl2N4O. The molecule has 0 atom stereocenters. The molecule has 2 aliphatic heterocycles. The first-order valence-corrected chi connectivity index (χ1v) is 11.1. The van der Waals surface area contributed by atoms with Crippen LogP contribution < -0.4 is 35.4 Å². The lowest BCUT2D eigenvalue weighted by atomic mass is 10.1. The monoisotopic (exact) mass is 484 g/mol. The molecule has 0 spiro atoms. The molecule has 0 radical (unpaired) electrons. The minimum absolute atomic E-state index is 0. The van der Waals surface area contributed by atoms with E-state index in [1.54, 1.807) is 0 Å². The summed E-state index contributed by atoms with van der Waals surface area (Å²) in [7, 11) is 4.28. The summed E-state index contributed by atoms with van der Waals surface area (Å²) in [6.07, 6.45) is 2.36. The smallest absolute Gasteiger partial charge is 0.276 e. The van der Waals surface area contributed by atoms with Gasteiger partial charge in [-0.05, 0) is 36.4 Å². The second kappa shape index (κ2) is 10.9. The van der Waals surface area contributed by atoms with Crippen molar-refractivity contribution in [1.82, 2.24) is 10.6 Å². The van der Waals surface area contributed by atoms with Crippen molar-refractivity contribution >= 4 is 11.7 Å². The van der Waals surface area contributed by atoms with Gasteiger partial charge in [0.2, 0.25) is 0 Å². The Labute approximate surface area is 208 Å². The molecule has 0 bridgehead atoms. The summed E-state index contributed by atoms with van der Waals surface area (Å²) in [5.74, 6) is 4.19. The number of furan rings is 1. The lowest BCUT2D eigenvalue weighted by Crippen LogP contribution is -3.00. The normalized spacial score (nSPS) is 15.8. The van der Waals surface area contributed by atoms with E-state index in [1.807, 2.05) is 0 Å². The van der Waals surface area contributed by atoms with Gasteiger partial charge in [-0.15, -0.1) is 0 Å². The molecule has 7 heteroatoms. The van der Waals surface area contributed by atoms with Gasteiger partial charge in [-0.25, -0.2) is 0 Å². The quantitative estimate of drug-likeness (QED) is 0.398. The number of benzene rings is 2. The Hall–Kier alpha value is -2.76. The van der Waals surface area contributed by atoms with Gasteiger partial charge in [0.05, 0.1) is 51.4 Å². The standard InChI is InChI=1S/C26H28N4O.2ClH/c1-29-17-3-15-27-25(29)21-9-5-19(6-10-21)23-13-14-24(31-23)20-7-11-22(12-8-20)26-28-16-4-18-30(26)2;;/h5-14H,3-4,15-18H2,1-2H3;2*1H. The number of rotatable bonds is 4. The fourth-order valence-corrected chi connectivity index (χ4v) is 4.42. The Kier molecular flexibility index (Phi) is 8.22. The highest BCUT2D eigenvalue weighted by Crippen LogP contribution is 2.29. The number of halogens is 2. The maximum absolute atomic E-state index is 6.20. The minimum atomic E-state index is 0. The number of amidine groups is 2. The Morgan fingerprint density at radius 3 is 1.30 bits per heavy atom. The first kappa shape index (κ1) is 24.9. The highest BCUT2D eigenvalue weighted by atomic mass is 35.5. The van der Waals surface area contributed by atoms with E-state index in [2.05, 4.69) is 94.5 Å². The fourth-order valence-electron chi connectivity index (χ4n) is 4.42. The lowest BCUT2D eigenvalue weighted by Gasteiger charge is -2.14. The Balaban J connectivity index is 0.00000153. The zero-order valence-corrected chi connectivity index (χ0v) is 20.6. The van der Waals surface area contributed by atoms with Crippen LogP contribution in [-0.4, -0.2) is 61.1 Å². The maximum atomic E-state index is 6.20. The molecule has 3 aromatic rings.